The van der Waals surface area contributed by atoms with Gasteiger partial charge in [-0.25, -0.2) is 0 Å². The third-order valence-electron chi connectivity index (χ3n) is 3.50. The Morgan fingerprint density at radius 2 is 2.17 bits per heavy atom. The van der Waals surface area contributed by atoms with Crippen LogP contribution in [-0.4, -0.2) is 33.4 Å². The molecule has 0 atom stereocenters. The number of aromatic nitrogens is 3. The Kier molecular flexibility index (Phi) is 5.32. The van der Waals surface area contributed by atoms with Gasteiger partial charge in [-0.1, -0.05) is 30.0 Å². The zero-order valence-electron chi connectivity index (χ0n) is 13.4. The third-order valence-corrected chi connectivity index (χ3v) is 5.33. The smallest absolute Gasteiger partial charge is 0.191 e. The summed E-state index contributed by atoms with van der Waals surface area (Å²) >= 11 is 3.04. The maximum atomic E-state index is 12.4. The lowest BCUT2D eigenvalue weighted by Crippen LogP contribution is -2.05. The lowest BCUT2D eigenvalue weighted by Gasteiger charge is -2.06. The molecule has 24 heavy (non-hydrogen) atoms. The van der Waals surface area contributed by atoms with Gasteiger partial charge in [-0.3, -0.25) is 4.79 Å². The van der Waals surface area contributed by atoms with Crippen LogP contribution in [-0.2, 0) is 6.54 Å². The minimum Gasteiger partial charge on any atom is -0.497 e. The molecule has 0 spiro atoms. The van der Waals surface area contributed by atoms with Crippen LogP contribution in [0.4, 0.5) is 0 Å². The summed E-state index contributed by atoms with van der Waals surface area (Å²) < 4.78 is 7.20. The van der Waals surface area contributed by atoms with Gasteiger partial charge in [0, 0.05) is 12.1 Å². The molecule has 0 unspecified atom stereocenters. The Labute approximate surface area is 148 Å². The summed E-state index contributed by atoms with van der Waals surface area (Å²) in [5, 5.41) is 11.3. The average molecular weight is 359 g/mol. The van der Waals surface area contributed by atoms with Gasteiger partial charge in [0.15, 0.2) is 16.8 Å². The molecule has 2 aromatic heterocycles. The molecule has 0 aliphatic heterocycles. The summed E-state index contributed by atoms with van der Waals surface area (Å²) in [6.45, 7) is 2.81. The molecule has 124 valence electrons. The molecule has 0 amide bonds. The summed E-state index contributed by atoms with van der Waals surface area (Å²) in [4.78, 5) is 13.5. The first-order valence-electron chi connectivity index (χ1n) is 7.50. The lowest BCUT2D eigenvalue weighted by molar-refractivity contribution is 0.102. The molecular formula is C17H17N3O2S2. The van der Waals surface area contributed by atoms with Crippen molar-refractivity contribution in [3.63, 3.8) is 0 Å². The monoisotopic (exact) mass is 359 g/mol. The van der Waals surface area contributed by atoms with Crippen molar-refractivity contribution in [2.75, 3.05) is 12.9 Å². The summed E-state index contributed by atoms with van der Waals surface area (Å²) in [6.07, 6.45) is 0. The van der Waals surface area contributed by atoms with Crippen LogP contribution < -0.4 is 4.74 Å². The zero-order chi connectivity index (χ0) is 16.9. The van der Waals surface area contributed by atoms with E-state index in [1.807, 2.05) is 34.2 Å². The van der Waals surface area contributed by atoms with E-state index in [2.05, 4.69) is 17.1 Å². The molecule has 5 nitrogen and oxygen atoms in total. The molecule has 0 N–H and O–H groups in total. The molecular weight excluding hydrogens is 342 g/mol. The Hall–Kier alpha value is -2.12. The van der Waals surface area contributed by atoms with E-state index in [-0.39, 0.29) is 5.78 Å². The predicted octanol–water partition coefficient (Wildman–Crippen LogP) is 4.01. The molecule has 3 rings (SSSR count). The van der Waals surface area contributed by atoms with E-state index in [4.69, 9.17) is 4.74 Å². The number of ether oxygens (including phenoxy) is 1. The standard InChI is InChI=1S/C17H17N3O2S2/c1-3-20-16(15-8-5-9-23-15)18-19-17(20)24-11-14(21)12-6-4-7-13(10-12)22-2/h4-10H,3,11H2,1-2H3. The van der Waals surface area contributed by atoms with E-state index in [9.17, 15) is 4.79 Å². The van der Waals surface area contributed by atoms with Crippen LogP contribution in [0.1, 0.15) is 17.3 Å². The Morgan fingerprint density at radius 3 is 2.88 bits per heavy atom. The van der Waals surface area contributed by atoms with Crippen LogP contribution in [0, 0.1) is 0 Å². The number of rotatable bonds is 7. The van der Waals surface area contributed by atoms with Gasteiger partial charge in [-0.2, -0.15) is 0 Å². The van der Waals surface area contributed by atoms with Gasteiger partial charge in [-0.15, -0.1) is 21.5 Å². The van der Waals surface area contributed by atoms with Crippen molar-refractivity contribution < 1.29 is 9.53 Å². The number of hydrogen-bond donors (Lipinski definition) is 0. The number of nitrogens with zero attached hydrogens (tertiary/aromatic N) is 3. The van der Waals surface area contributed by atoms with Gasteiger partial charge in [-0.05, 0) is 30.5 Å². The van der Waals surface area contributed by atoms with Gasteiger partial charge in [0.05, 0.1) is 17.7 Å². The molecule has 0 saturated heterocycles. The van der Waals surface area contributed by atoms with Crippen LogP contribution in [0.25, 0.3) is 10.7 Å². The Morgan fingerprint density at radius 1 is 1.29 bits per heavy atom. The van der Waals surface area contributed by atoms with Crippen LogP contribution in [0.3, 0.4) is 0 Å². The maximum absolute atomic E-state index is 12.4. The first-order valence-corrected chi connectivity index (χ1v) is 9.36. The van der Waals surface area contributed by atoms with Crippen LogP contribution in [0.5, 0.6) is 5.75 Å². The largest absolute Gasteiger partial charge is 0.497 e. The Bertz CT molecular complexity index is 828. The van der Waals surface area contributed by atoms with Crippen molar-refractivity contribution in [3.05, 3.63) is 47.3 Å². The van der Waals surface area contributed by atoms with E-state index < -0.39 is 0 Å². The summed E-state index contributed by atoms with van der Waals surface area (Å²) in [5.74, 6) is 1.89. The molecule has 0 saturated carbocycles. The average Bonchev–Trinajstić information content (AvgIpc) is 3.28. The van der Waals surface area contributed by atoms with Crippen LogP contribution in [0.15, 0.2) is 46.9 Å². The maximum Gasteiger partial charge on any atom is 0.191 e. The first kappa shape index (κ1) is 16.7. The first-order chi connectivity index (χ1) is 11.7. The van der Waals surface area contributed by atoms with Crippen molar-refractivity contribution >= 4 is 28.9 Å². The van der Waals surface area contributed by atoms with Crippen LogP contribution >= 0.6 is 23.1 Å². The third kappa shape index (κ3) is 3.52. The van der Waals surface area contributed by atoms with Crippen molar-refractivity contribution in [2.45, 2.75) is 18.6 Å². The number of carbonyl (C=O) groups excluding carboxylic acids is 1. The number of benzene rings is 1. The fourth-order valence-electron chi connectivity index (χ4n) is 2.28. The molecule has 1 aromatic carbocycles. The molecule has 2 heterocycles. The number of ketones is 1. The molecule has 0 bridgehead atoms. The summed E-state index contributed by atoms with van der Waals surface area (Å²) in [7, 11) is 1.59. The molecule has 3 aromatic rings. The van der Waals surface area contributed by atoms with Gasteiger partial charge >= 0.3 is 0 Å². The second kappa shape index (κ2) is 7.63. The highest BCUT2D eigenvalue weighted by Crippen LogP contribution is 2.27. The zero-order valence-corrected chi connectivity index (χ0v) is 15.1. The van der Waals surface area contributed by atoms with Crippen molar-refractivity contribution in [2.24, 2.45) is 0 Å². The minimum absolute atomic E-state index is 0.0437. The molecule has 0 radical (unpaired) electrons. The fraction of sp³-hybridized carbons (Fsp3) is 0.235. The van der Waals surface area contributed by atoms with E-state index in [0.29, 0.717) is 17.1 Å². The minimum atomic E-state index is 0.0437. The number of thioether (sulfide) groups is 1. The number of hydrogen-bond acceptors (Lipinski definition) is 6. The van der Waals surface area contributed by atoms with Gasteiger partial charge in [0.25, 0.3) is 0 Å². The number of thiophene rings is 1. The highest BCUT2D eigenvalue weighted by atomic mass is 32.2. The topological polar surface area (TPSA) is 57.0 Å². The molecule has 0 aliphatic carbocycles. The highest BCUT2D eigenvalue weighted by molar-refractivity contribution is 7.99. The second-order valence-electron chi connectivity index (χ2n) is 4.97. The number of Topliss-reactive ketones (excluding diaryl/α,β-unsaturated/α-hetero) is 1. The van der Waals surface area contributed by atoms with Crippen molar-refractivity contribution in [1.82, 2.24) is 14.8 Å². The SMILES string of the molecule is CCn1c(SCC(=O)c2cccc(OC)c2)nnc1-c1cccs1. The van der Waals surface area contributed by atoms with Gasteiger partial charge in [0.2, 0.25) is 0 Å². The second-order valence-corrected chi connectivity index (χ2v) is 6.86. The van der Waals surface area contributed by atoms with Crippen molar-refractivity contribution in [3.8, 4) is 16.5 Å². The summed E-state index contributed by atoms with van der Waals surface area (Å²) in [5.41, 5.74) is 0.642. The van der Waals surface area contributed by atoms with Gasteiger partial charge in [0.1, 0.15) is 5.75 Å². The van der Waals surface area contributed by atoms with Gasteiger partial charge < -0.3 is 9.30 Å². The molecule has 0 fully saturated rings. The molecule has 7 heteroatoms. The predicted molar refractivity (Wildman–Crippen MR) is 97.1 cm³/mol. The van der Waals surface area contributed by atoms with E-state index in [1.54, 1.807) is 30.6 Å². The molecule has 0 aliphatic rings. The van der Waals surface area contributed by atoms with Crippen LogP contribution in [0.2, 0.25) is 0 Å². The number of carbonyl (C=O) groups is 1. The normalized spacial score (nSPS) is 10.8. The highest BCUT2D eigenvalue weighted by Gasteiger charge is 2.16. The number of methoxy groups -OCH3 is 1. The van der Waals surface area contributed by atoms with Crippen molar-refractivity contribution in [1.29, 1.82) is 0 Å². The summed E-state index contributed by atoms with van der Waals surface area (Å²) in [6, 6.07) is 11.2. The fourth-order valence-corrected chi connectivity index (χ4v) is 3.89. The van der Waals surface area contributed by atoms with E-state index in [1.165, 1.54) is 11.8 Å². The van der Waals surface area contributed by atoms with E-state index in [0.717, 1.165) is 22.4 Å². The lowest BCUT2D eigenvalue weighted by atomic mass is 10.1. The quantitative estimate of drug-likeness (QED) is 0.471. The van der Waals surface area contributed by atoms with E-state index >= 15 is 0 Å². The Balaban J connectivity index is 1.73.